The van der Waals surface area contributed by atoms with Crippen LogP contribution in [0.5, 0.6) is 5.75 Å². The van der Waals surface area contributed by atoms with Gasteiger partial charge in [0.25, 0.3) is 10.0 Å². The summed E-state index contributed by atoms with van der Waals surface area (Å²) in [6.45, 7) is 9.34. The normalized spacial score (nSPS) is 14.4. The fourth-order valence-corrected chi connectivity index (χ4v) is 7.03. The molecule has 35 heavy (non-hydrogen) atoms. The first-order chi connectivity index (χ1) is 16.7. The number of anilines is 1. The summed E-state index contributed by atoms with van der Waals surface area (Å²) in [7, 11) is -3.84. The van der Waals surface area contributed by atoms with Crippen molar-refractivity contribution in [2.24, 2.45) is 0 Å². The maximum absolute atomic E-state index is 14.0. The van der Waals surface area contributed by atoms with Crippen LogP contribution in [-0.4, -0.2) is 38.1 Å². The number of nitrogens with zero attached hydrogens (tertiary/aromatic N) is 2. The average molecular weight is 493 g/mol. The summed E-state index contributed by atoms with van der Waals surface area (Å²) in [4.78, 5) is 2.86. The van der Waals surface area contributed by atoms with Gasteiger partial charge in [0.05, 0.1) is 17.1 Å². The van der Waals surface area contributed by atoms with E-state index in [1.165, 1.54) is 35.8 Å². The maximum atomic E-state index is 14.0. The minimum absolute atomic E-state index is 0.121. The fraction of sp³-hybridized carbons (Fsp3) is 0.379. The van der Waals surface area contributed by atoms with Crippen LogP contribution in [-0.2, 0) is 23.0 Å². The zero-order valence-corrected chi connectivity index (χ0v) is 21.8. The van der Waals surface area contributed by atoms with Crippen LogP contribution in [0.4, 0.5) is 5.69 Å². The molecule has 3 aromatic carbocycles. The molecule has 0 radical (unpaired) electrons. The predicted molar refractivity (Wildman–Crippen MR) is 143 cm³/mol. The highest BCUT2D eigenvalue weighted by Crippen LogP contribution is 2.31. The van der Waals surface area contributed by atoms with Crippen molar-refractivity contribution < 1.29 is 13.5 Å². The van der Waals surface area contributed by atoms with Gasteiger partial charge in [-0.1, -0.05) is 42.0 Å². The molecule has 0 unspecified atom stereocenters. The molecule has 186 valence electrons. The van der Waals surface area contributed by atoms with E-state index in [0.717, 1.165) is 41.6 Å². The van der Waals surface area contributed by atoms with Crippen molar-refractivity contribution in [1.82, 2.24) is 4.90 Å². The van der Waals surface area contributed by atoms with Crippen molar-refractivity contribution in [1.29, 1.82) is 0 Å². The molecule has 0 atom stereocenters. The predicted octanol–water partition coefficient (Wildman–Crippen LogP) is 5.74. The summed E-state index contributed by atoms with van der Waals surface area (Å²) in [5, 5.41) is 9.96. The van der Waals surface area contributed by atoms with Gasteiger partial charge in [0.1, 0.15) is 5.75 Å². The molecule has 3 aromatic rings. The van der Waals surface area contributed by atoms with Gasteiger partial charge in [0.2, 0.25) is 0 Å². The van der Waals surface area contributed by atoms with E-state index in [2.05, 4.69) is 4.90 Å². The van der Waals surface area contributed by atoms with Gasteiger partial charge in [0, 0.05) is 0 Å². The van der Waals surface area contributed by atoms with Crippen LogP contribution in [0.15, 0.2) is 65.6 Å². The fourth-order valence-electron chi connectivity index (χ4n) is 5.16. The highest BCUT2D eigenvalue weighted by molar-refractivity contribution is 7.92. The molecule has 1 N–H and O–H groups in total. The Morgan fingerprint density at radius 3 is 2.17 bits per heavy atom. The molecule has 1 saturated heterocycles. The van der Waals surface area contributed by atoms with E-state index in [1.54, 1.807) is 18.2 Å². The molecule has 6 heteroatoms. The van der Waals surface area contributed by atoms with Crippen molar-refractivity contribution in [2.75, 3.05) is 23.9 Å². The lowest BCUT2D eigenvalue weighted by atomic mass is 10.1. The minimum atomic E-state index is -3.84. The standard InChI is InChI=1S/C29H36N2O3S/c1-22-18-23(2)29(24(3)19-22)35(33,34)31(21-26-8-6-10-28(32)20-26)27-13-11-25(12-14-27)9-7-17-30-15-4-5-16-30/h6,8,10-14,18-20,32H,4-5,7,9,15-17,21H2,1-3H3. The number of phenolic OH excluding ortho intramolecular Hbond substituents is 1. The van der Waals surface area contributed by atoms with Crippen molar-refractivity contribution in [3.63, 3.8) is 0 Å². The van der Waals surface area contributed by atoms with Crippen LogP contribution in [0, 0.1) is 20.8 Å². The quantitative estimate of drug-likeness (QED) is 0.414. The van der Waals surface area contributed by atoms with Gasteiger partial charge < -0.3 is 10.0 Å². The van der Waals surface area contributed by atoms with E-state index in [-0.39, 0.29) is 12.3 Å². The topological polar surface area (TPSA) is 60.9 Å². The summed E-state index contributed by atoms with van der Waals surface area (Å²) in [5.41, 5.74) is 5.08. The highest BCUT2D eigenvalue weighted by atomic mass is 32.2. The molecule has 1 heterocycles. The van der Waals surface area contributed by atoms with Crippen LogP contribution in [0.25, 0.3) is 0 Å². The summed E-state index contributed by atoms with van der Waals surface area (Å²) < 4.78 is 29.5. The second-order valence-electron chi connectivity index (χ2n) is 9.73. The number of hydrogen-bond acceptors (Lipinski definition) is 4. The third kappa shape index (κ3) is 6.06. The third-order valence-corrected chi connectivity index (χ3v) is 8.83. The van der Waals surface area contributed by atoms with E-state index in [0.29, 0.717) is 10.6 Å². The van der Waals surface area contributed by atoms with E-state index >= 15 is 0 Å². The Hall–Kier alpha value is -2.83. The van der Waals surface area contributed by atoms with Crippen molar-refractivity contribution in [3.8, 4) is 5.75 Å². The molecule has 4 rings (SSSR count). The monoisotopic (exact) mass is 492 g/mol. The Bertz CT molecular complexity index is 1240. The number of phenols is 1. The lowest BCUT2D eigenvalue weighted by Crippen LogP contribution is -2.31. The van der Waals surface area contributed by atoms with Gasteiger partial charge >= 0.3 is 0 Å². The molecule has 0 saturated carbocycles. The van der Waals surface area contributed by atoms with Gasteiger partial charge in [-0.05, 0) is 113 Å². The molecule has 5 nitrogen and oxygen atoms in total. The highest BCUT2D eigenvalue weighted by Gasteiger charge is 2.29. The molecule has 1 fully saturated rings. The Kier molecular flexibility index (Phi) is 7.82. The van der Waals surface area contributed by atoms with Crippen LogP contribution < -0.4 is 4.31 Å². The number of benzene rings is 3. The summed E-state index contributed by atoms with van der Waals surface area (Å²) in [5.74, 6) is 0.121. The molecule has 0 amide bonds. The van der Waals surface area contributed by atoms with E-state index < -0.39 is 10.0 Å². The largest absolute Gasteiger partial charge is 0.508 e. The van der Waals surface area contributed by atoms with Gasteiger partial charge in [0.15, 0.2) is 0 Å². The van der Waals surface area contributed by atoms with Gasteiger partial charge in [-0.25, -0.2) is 8.42 Å². The van der Waals surface area contributed by atoms with E-state index in [4.69, 9.17) is 0 Å². The Morgan fingerprint density at radius 2 is 1.54 bits per heavy atom. The molecule has 0 aliphatic carbocycles. The smallest absolute Gasteiger partial charge is 0.265 e. The van der Waals surface area contributed by atoms with Crippen LogP contribution in [0.1, 0.15) is 47.1 Å². The maximum Gasteiger partial charge on any atom is 0.265 e. The lowest BCUT2D eigenvalue weighted by Gasteiger charge is -2.27. The molecular formula is C29H36N2O3S. The number of likely N-dealkylation sites (tertiary alicyclic amines) is 1. The zero-order chi connectivity index (χ0) is 25.0. The van der Waals surface area contributed by atoms with Crippen molar-refractivity contribution in [2.45, 2.75) is 57.9 Å². The Balaban J connectivity index is 1.63. The van der Waals surface area contributed by atoms with Gasteiger partial charge in [-0.3, -0.25) is 4.31 Å². The van der Waals surface area contributed by atoms with Crippen LogP contribution in [0.2, 0.25) is 0 Å². The summed E-state index contributed by atoms with van der Waals surface area (Å²) >= 11 is 0. The first-order valence-corrected chi connectivity index (χ1v) is 13.9. The molecule has 1 aliphatic rings. The van der Waals surface area contributed by atoms with Crippen LogP contribution >= 0.6 is 0 Å². The molecular weight excluding hydrogens is 456 g/mol. The number of aryl methyl sites for hydroxylation is 4. The van der Waals surface area contributed by atoms with Gasteiger partial charge in [-0.15, -0.1) is 0 Å². The number of aromatic hydroxyl groups is 1. The van der Waals surface area contributed by atoms with Crippen molar-refractivity contribution in [3.05, 3.63) is 88.5 Å². The molecule has 0 spiro atoms. The van der Waals surface area contributed by atoms with E-state index in [1.807, 2.05) is 63.2 Å². The minimum Gasteiger partial charge on any atom is -0.508 e. The summed E-state index contributed by atoms with van der Waals surface area (Å²) in [6.07, 6.45) is 4.69. The molecule has 1 aliphatic heterocycles. The first kappa shape index (κ1) is 25.3. The number of hydrogen-bond donors (Lipinski definition) is 1. The second-order valence-corrected chi connectivity index (χ2v) is 11.5. The average Bonchev–Trinajstić information content (AvgIpc) is 3.31. The van der Waals surface area contributed by atoms with Crippen LogP contribution in [0.3, 0.4) is 0 Å². The Labute approximate surface area is 210 Å². The number of sulfonamides is 1. The number of rotatable bonds is 9. The molecule has 0 aromatic heterocycles. The van der Waals surface area contributed by atoms with E-state index in [9.17, 15) is 13.5 Å². The zero-order valence-electron chi connectivity index (χ0n) is 21.0. The first-order valence-electron chi connectivity index (χ1n) is 12.4. The van der Waals surface area contributed by atoms with Gasteiger partial charge in [-0.2, -0.15) is 0 Å². The summed E-state index contributed by atoms with van der Waals surface area (Å²) in [6, 6.07) is 18.5. The SMILES string of the molecule is Cc1cc(C)c(S(=O)(=O)N(Cc2cccc(O)c2)c2ccc(CCCN3CCCC3)cc2)c(C)c1. The Morgan fingerprint density at radius 1 is 0.886 bits per heavy atom. The third-order valence-electron chi connectivity index (χ3n) is 6.75. The lowest BCUT2D eigenvalue weighted by molar-refractivity contribution is 0.334. The second kappa shape index (κ2) is 10.8. The molecule has 0 bridgehead atoms. The van der Waals surface area contributed by atoms with Crippen molar-refractivity contribution >= 4 is 15.7 Å².